The summed E-state index contributed by atoms with van der Waals surface area (Å²) < 4.78 is 0. The standard InChI is InChI=1S/2C12H24O/c2*1-2-3-4-5-6-7-8-9-10-11-12-13/h5-6,13H,2-4,7-12H2,1H3;4-5,13H,2-3,6-12H2,1H3/b6-5+;5-4+. The van der Waals surface area contributed by atoms with Crippen molar-refractivity contribution in [1.29, 1.82) is 0 Å². The van der Waals surface area contributed by atoms with E-state index in [9.17, 15) is 0 Å². The molecule has 0 spiro atoms. The van der Waals surface area contributed by atoms with Crippen LogP contribution in [0, 0.1) is 0 Å². The van der Waals surface area contributed by atoms with Crippen LogP contribution >= 0.6 is 0 Å². The quantitative estimate of drug-likeness (QED) is 0.196. The fourth-order valence-corrected chi connectivity index (χ4v) is 2.59. The Bertz CT molecular complexity index is 271. The van der Waals surface area contributed by atoms with Crippen LogP contribution in [0.4, 0.5) is 0 Å². The van der Waals surface area contributed by atoms with Crippen molar-refractivity contribution in [2.75, 3.05) is 13.2 Å². The van der Waals surface area contributed by atoms with Crippen LogP contribution in [0.1, 0.15) is 117 Å². The maximum Gasteiger partial charge on any atom is 0.0431 e. The normalized spacial score (nSPS) is 11.2. The molecule has 156 valence electrons. The van der Waals surface area contributed by atoms with E-state index in [-0.39, 0.29) is 0 Å². The number of aliphatic hydroxyl groups excluding tert-OH is 2. The minimum Gasteiger partial charge on any atom is -0.396 e. The molecule has 0 fully saturated rings. The Morgan fingerprint density at radius 1 is 0.423 bits per heavy atom. The van der Waals surface area contributed by atoms with E-state index in [1.807, 2.05) is 0 Å². The van der Waals surface area contributed by atoms with Crippen LogP contribution in [0.5, 0.6) is 0 Å². The molecule has 0 bridgehead atoms. The Labute approximate surface area is 164 Å². The first-order valence-corrected chi connectivity index (χ1v) is 11.3. The number of aliphatic hydroxyl groups is 2. The van der Waals surface area contributed by atoms with Gasteiger partial charge in [-0.05, 0) is 51.4 Å². The van der Waals surface area contributed by atoms with E-state index in [0.717, 1.165) is 12.8 Å². The van der Waals surface area contributed by atoms with Gasteiger partial charge >= 0.3 is 0 Å². The van der Waals surface area contributed by atoms with Gasteiger partial charge in [0.2, 0.25) is 0 Å². The lowest BCUT2D eigenvalue weighted by Gasteiger charge is -1.97. The topological polar surface area (TPSA) is 40.5 Å². The molecule has 2 nitrogen and oxygen atoms in total. The number of unbranched alkanes of at least 4 members (excludes halogenated alkanes) is 12. The predicted molar refractivity (Wildman–Crippen MR) is 118 cm³/mol. The number of hydrogen-bond donors (Lipinski definition) is 2. The van der Waals surface area contributed by atoms with Gasteiger partial charge in [0.25, 0.3) is 0 Å². The fraction of sp³-hybridized carbons (Fsp3) is 0.833. The van der Waals surface area contributed by atoms with Crippen LogP contribution in [0.15, 0.2) is 24.3 Å². The van der Waals surface area contributed by atoms with Gasteiger partial charge in [-0.15, -0.1) is 0 Å². The fourth-order valence-electron chi connectivity index (χ4n) is 2.59. The van der Waals surface area contributed by atoms with Crippen LogP contribution in [-0.2, 0) is 0 Å². The summed E-state index contributed by atoms with van der Waals surface area (Å²) in [5.74, 6) is 0. The van der Waals surface area contributed by atoms with Gasteiger partial charge in [0.1, 0.15) is 0 Å². The number of allylic oxidation sites excluding steroid dienone is 4. The van der Waals surface area contributed by atoms with Crippen LogP contribution in [0.3, 0.4) is 0 Å². The molecule has 2 heteroatoms. The third-order valence-electron chi connectivity index (χ3n) is 4.32. The molecule has 0 radical (unpaired) electrons. The summed E-state index contributed by atoms with van der Waals surface area (Å²) in [5.41, 5.74) is 0. The highest BCUT2D eigenvalue weighted by molar-refractivity contribution is 4.81. The molecule has 0 aromatic rings. The van der Waals surface area contributed by atoms with E-state index >= 15 is 0 Å². The van der Waals surface area contributed by atoms with Crippen molar-refractivity contribution in [3.8, 4) is 0 Å². The molecule has 0 heterocycles. The summed E-state index contributed by atoms with van der Waals surface area (Å²) in [6.07, 6.45) is 28.7. The average Bonchev–Trinajstić information content (AvgIpc) is 2.66. The lowest BCUT2D eigenvalue weighted by atomic mass is 10.1. The smallest absolute Gasteiger partial charge is 0.0431 e. The molecule has 0 atom stereocenters. The first-order chi connectivity index (χ1) is 12.8. The van der Waals surface area contributed by atoms with Gasteiger partial charge in [-0.25, -0.2) is 0 Å². The molecule has 0 aliphatic carbocycles. The second kappa shape index (κ2) is 29.2. The molecule has 0 aromatic carbocycles. The Morgan fingerprint density at radius 2 is 0.808 bits per heavy atom. The van der Waals surface area contributed by atoms with Gasteiger partial charge in [-0.1, -0.05) is 89.5 Å². The predicted octanol–water partition coefficient (Wildman–Crippen LogP) is 7.35. The van der Waals surface area contributed by atoms with E-state index in [4.69, 9.17) is 10.2 Å². The van der Waals surface area contributed by atoms with Gasteiger partial charge in [0.05, 0.1) is 0 Å². The molecule has 0 unspecified atom stereocenters. The lowest BCUT2D eigenvalue weighted by molar-refractivity contribution is 0.282. The SMILES string of the molecule is CCC/C=C/CCCCCCCO.CCCC/C=C/CCCCCCO. The second-order valence-electron chi connectivity index (χ2n) is 7.08. The third kappa shape index (κ3) is 31.2. The molecular formula is C24H48O2. The van der Waals surface area contributed by atoms with Gasteiger partial charge in [-0.2, -0.15) is 0 Å². The van der Waals surface area contributed by atoms with Gasteiger partial charge in [-0.3, -0.25) is 0 Å². The molecule has 2 N–H and O–H groups in total. The largest absolute Gasteiger partial charge is 0.396 e. The van der Waals surface area contributed by atoms with Crippen molar-refractivity contribution in [3.63, 3.8) is 0 Å². The maximum absolute atomic E-state index is 8.55. The minimum atomic E-state index is 0.354. The molecule has 0 rings (SSSR count). The molecule has 0 amide bonds. The van der Waals surface area contributed by atoms with Crippen molar-refractivity contribution < 1.29 is 10.2 Å². The first-order valence-electron chi connectivity index (χ1n) is 11.3. The van der Waals surface area contributed by atoms with Gasteiger partial charge in [0, 0.05) is 13.2 Å². The Morgan fingerprint density at radius 3 is 1.23 bits per heavy atom. The summed E-state index contributed by atoms with van der Waals surface area (Å²) in [5, 5.41) is 17.1. The van der Waals surface area contributed by atoms with E-state index < -0.39 is 0 Å². The Hall–Kier alpha value is -0.600. The third-order valence-corrected chi connectivity index (χ3v) is 4.32. The zero-order valence-electron chi connectivity index (χ0n) is 17.9. The maximum atomic E-state index is 8.55. The molecule has 0 aliphatic heterocycles. The second-order valence-corrected chi connectivity index (χ2v) is 7.08. The summed E-state index contributed by atoms with van der Waals surface area (Å²) >= 11 is 0. The summed E-state index contributed by atoms with van der Waals surface area (Å²) in [6, 6.07) is 0. The van der Waals surface area contributed by atoms with Crippen LogP contribution in [0.2, 0.25) is 0 Å². The van der Waals surface area contributed by atoms with E-state index in [1.54, 1.807) is 0 Å². The zero-order chi connectivity index (χ0) is 19.6. The monoisotopic (exact) mass is 368 g/mol. The molecule has 0 saturated heterocycles. The Balaban J connectivity index is 0. The van der Waals surface area contributed by atoms with Gasteiger partial charge < -0.3 is 10.2 Å². The highest BCUT2D eigenvalue weighted by atomic mass is 16.3. The van der Waals surface area contributed by atoms with Crippen molar-refractivity contribution in [3.05, 3.63) is 24.3 Å². The summed E-state index contributed by atoms with van der Waals surface area (Å²) in [4.78, 5) is 0. The summed E-state index contributed by atoms with van der Waals surface area (Å²) in [6.45, 7) is 5.14. The minimum absolute atomic E-state index is 0.354. The van der Waals surface area contributed by atoms with Crippen molar-refractivity contribution in [2.24, 2.45) is 0 Å². The zero-order valence-corrected chi connectivity index (χ0v) is 17.9. The molecule has 0 aromatic heterocycles. The Kier molecular flexibility index (Phi) is 31.0. The average molecular weight is 369 g/mol. The van der Waals surface area contributed by atoms with Crippen molar-refractivity contribution in [2.45, 2.75) is 117 Å². The van der Waals surface area contributed by atoms with Crippen LogP contribution in [0.25, 0.3) is 0 Å². The first kappa shape index (κ1) is 27.6. The number of rotatable bonds is 18. The van der Waals surface area contributed by atoms with Crippen LogP contribution < -0.4 is 0 Å². The van der Waals surface area contributed by atoms with Crippen molar-refractivity contribution >= 4 is 0 Å². The highest BCUT2D eigenvalue weighted by Crippen LogP contribution is 2.06. The highest BCUT2D eigenvalue weighted by Gasteiger charge is 1.88. The van der Waals surface area contributed by atoms with Crippen LogP contribution in [-0.4, -0.2) is 23.4 Å². The lowest BCUT2D eigenvalue weighted by Crippen LogP contribution is -1.83. The number of hydrogen-bond acceptors (Lipinski definition) is 2. The van der Waals surface area contributed by atoms with E-state index in [0.29, 0.717) is 13.2 Å². The van der Waals surface area contributed by atoms with E-state index in [2.05, 4.69) is 38.2 Å². The molecule has 26 heavy (non-hydrogen) atoms. The summed E-state index contributed by atoms with van der Waals surface area (Å²) in [7, 11) is 0. The molecule has 0 aliphatic rings. The van der Waals surface area contributed by atoms with E-state index in [1.165, 1.54) is 89.9 Å². The van der Waals surface area contributed by atoms with Gasteiger partial charge in [0.15, 0.2) is 0 Å². The molecule has 0 saturated carbocycles. The van der Waals surface area contributed by atoms with Crippen molar-refractivity contribution in [1.82, 2.24) is 0 Å². The molecular weight excluding hydrogens is 320 g/mol.